The second-order valence-corrected chi connectivity index (χ2v) is 6.21. The van der Waals surface area contributed by atoms with Gasteiger partial charge < -0.3 is 20.3 Å². The SMILES string of the molecule is CN=C(NCCNC(C)(C)C)N1CCC(COC)C1.I. The summed E-state index contributed by atoms with van der Waals surface area (Å²) in [4.78, 5) is 6.68. The quantitative estimate of drug-likeness (QED) is 0.319. The predicted octanol–water partition coefficient (Wildman–Crippen LogP) is 1.54. The fourth-order valence-electron chi connectivity index (χ4n) is 2.34. The molecule has 1 unspecified atom stereocenters. The zero-order valence-corrected chi connectivity index (χ0v) is 15.9. The summed E-state index contributed by atoms with van der Waals surface area (Å²) in [5, 5.41) is 6.88. The summed E-state index contributed by atoms with van der Waals surface area (Å²) in [6.45, 7) is 11.3. The van der Waals surface area contributed by atoms with E-state index in [9.17, 15) is 0 Å². The third-order valence-electron chi connectivity index (χ3n) is 3.26. The van der Waals surface area contributed by atoms with Crippen LogP contribution in [0.4, 0.5) is 0 Å². The Hall–Kier alpha value is -0.0800. The molecule has 0 aromatic rings. The van der Waals surface area contributed by atoms with Crippen molar-refractivity contribution in [3.63, 3.8) is 0 Å². The monoisotopic (exact) mass is 398 g/mol. The van der Waals surface area contributed by atoms with Crippen LogP contribution >= 0.6 is 24.0 Å². The molecule has 1 heterocycles. The molecule has 0 bridgehead atoms. The number of rotatable bonds is 5. The second-order valence-electron chi connectivity index (χ2n) is 6.21. The van der Waals surface area contributed by atoms with Crippen molar-refractivity contribution in [3.8, 4) is 0 Å². The highest BCUT2D eigenvalue weighted by molar-refractivity contribution is 14.0. The van der Waals surface area contributed by atoms with Gasteiger partial charge in [0.1, 0.15) is 0 Å². The summed E-state index contributed by atoms with van der Waals surface area (Å²) in [5.41, 5.74) is 0.169. The summed E-state index contributed by atoms with van der Waals surface area (Å²) >= 11 is 0. The summed E-state index contributed by atoms with van der Waals surface area (Å²) in [5.74, 6) is 1.64. The number of likely N-dealkylation sites (tertiary alicyclic amines) is 1. The molecule has 1 fully saturated rings. The predicted molar refractivity (Wildman–Crippen MR) is 96.1 cm³/mol. The molecule has 0 radical (unpaired) electrons. The van der Waals surface area contributed by atoms with Gasteiger partial charge >= 0.3 is 0 Å². The molecule has 1 rings (SSSR count). The molecule has 20 heavy (non-hydrogen) atoms. The van der Waals surface area contributed by atoms with E-state index in [0.29, 0.717) is 5.92 Å². The largest absolute Gasteiger partial charge is 0.384 e. The average Bonchev–Trinajstić information content (AvgIpc) is 2.77. The first-order chi connectivity index (χ1) is 8.96. The molecule has 2 N–H and O–H groups in total. The van der Waals surface area contributed by atoms with Crippen molar-refractivity contribution in [2.75, 3.05) is 46.9 Å². The number of hydrogen-bond acceptors (Lipinski definition) is 3. The molecule has 0 amide bonds. The van der Waals surface area contributed by atoms with Gasteiger partial charge in [-0.2, -0.15) is 0 Å². The molecule has 0 saturated carbocycles. The minimum Gasteiger partial charge on any atom is -0.384 e. The van der Waals surface area contributed by atoms with Crippen LogP contribution in [0.2, 0.25) is 0 Å². The van der Waals surface area contributed by atoms with Crippen molar-refractivity contribution < 1.29 is 4.74 Å². The van der Waals surface area contributed by atoms with E-state index in [0.717, 1.165) is 38.7 Å². The lowest BCUT2D eigenvalue weighted by Crippen LogP contribution is -2.45. The molecule has 1 saturated heterocycles. The normalized spacial score (nSPS) is 19.9. The molecule has 0 aliphatic carbocycles. The van der Waals surface area contributed by atoms with Crippen molar-refractivity contribution in [1.82, 2.24) is 15.5 Å². The van der Waals surface area contributed by atoms with Crippen LogP contribution in [0, 0.1) is 5.92 Å². The fourth-order valence-corrected chi connectivity index (χ4v) is 2.34. The van der Waals surface area contributed by atoms with E-state index < -0.39 is 0 Å². The van der Waals surface area contributed by atoms with E-state index in [1.54, 1.807) is 7.11 Å². The second kappa shape index (κ2) is 9.78. The van der Waals surface area contributed by atoms with Gasteiger partial charge in [-0.15, -0.1) is 24.0 Å². The Bertz CT molecular complexity index is 291. The van der Waals surface area contributed by atoms with Crippen LogP contribution in [-0.2, 0) is 4.74 Å². The van der Waals surface area contributed by atoms with Crippen molar-refractivity contribution in [2.24, 2.45) is 10.9 Å². The topological polar surface area (TPSA) is 48.9 Å². The van der Waals surface area contributed by atoms with Crippen LogP contribution in [0.3, 0.4) is 0 Å². The number of halogens is 1. The van der Waals surface area contributed by atoms with Gasteiger partial charge in [-0.3, -0.25) is 4.99 Å². The highest BCUT2D eigenvalue weighted by atomic mass is 127. The number of methoxy groups -OCH3 is 1. The lowest BCUT2D eigenvalue weighted by molar-refractivity contribution is 0.157. The number of hydrogen-bond donors (Lipinski definition) is 2. The zero-order chi connectivity index (χ0) is 14.3. The highest BCUT2D eigenvalue weighted by Gasteiger charge is 2.24. The van der Waals surface area contributed by atoms with Gasteiger partial charge in [-0.05, 0) is 27.2 Å². The Balaban J connectivity index is 0.00000361. The molecular weight excluding hydrogens is 367 g/mol. The first kappa shape index (κ1) is 19.9. The van der Waals surface area contributed by atoms with E-state index in [1.165, 1.54) is 6.42 Å². The minimum absolute atomic E-state index is 0. The van der Waals surface area contributed by atoms with Crippen LogP contribution in [0.25, 0.3) is 0 Å². The van der Waals surface area contributed by atoms with Crippen LogP contribution in [0.1, 0.15) is 27.2 Å². The van der Waals surface area contributed by atoms with E-state index in [1.807, 2.05) is 7.05 Å². The average molecular weight is 398 g/mol. The maximum Gasteiger partial charge on any atom is 0.193 e. The Morgan fingerprint density at radius 1 is 1.35 bits per heavy atom. The van der Waals surface area contributed by atoms with Gasteiger partial charge in [-0.25, -0.2) is 0 Å². The van der Waals surface area contributed by atoms with E-state index >= 15 is 0 Å². The van der Waals surface area contributed by atoms with Crippen molar-refractivity contribution in [2.45, 2.75) is 32.7 Å². The van der Waals surface area contributed by atoms with Crippen LogP contribution in [-0.4, -0.2) is 63.3 Å². The van der Waals surface area contributed by atoms with Gasteiger partial charge in [0.15, 0.2) is 5.96 Å². The van der Waals surface area contributed by atoms with Gasteiger partial charge in [0.05, 0.1) is 6.61 Å². The minimum atomic E-state index is 0. The Labute approximate surface area is 140 Å². The number of nitrogens with zero attached hydrogens (tertiary/aromatic N) is 2. The molecule has 1 aliphatic rings. The lowest BCUT2D eigenvalue weighted by atomic mass is 10.1. The van der Waals surface area contributed by atoms with Gasteiger partial charge in [0, 0.05) is 51.8 Å². The Morgan fingerprint density at radius 2 is 2.05 bits per heavy atom. The Kier molecular flexibility index (Phi) is 9.74. The molecule has 0 aromatic carbocycles. The number of guanidine groups is 1. The number of ether oxygens (including phenoxy) is 1. The summed E-state index contributed by atoms with van der Waals surface area (Å²) in [7, 11) is 3.62. The van der Waals surface area contributed by atoms with Crippen LogP contribution in [0.15, 0.2) is 4.99 Å². The van der Waals surface area contributed by atoms with Crippen molar-refractivity contribution >= 4 is 29.9 Å². The number of nitrogens with one attached hydrogen (secondary N) is 2. The number of aliphatic imine (C=N–C) groups is 1. The molecular formula is C14H31IN4O. The summed E-state index contributed by atoms with van der Waals surface area (Å²) in [6, 6.07) is 0. The van der Waals surface area contributed by atoms with Gasteiger partial charge in [-0.1, -0.05) is 0 Å². The first-order valence-corrected chi connectivity index (χ1v) is 7.16. The first-order valence-electron chi connectivity index (χ1n) is 7.16. The van der Waals surface area contributed by atoms with Gasteiger partial charge in [0.2, 0.25) is 0 Å². The summed E-state index contributed by atoms with van der Waals surface area (Å²) in [6.07, 6.45) is 1.19. The molecule has 0 spiro atoms. The maximum absolute atomic E-state index is 5.23. The zero-order valence-electron chi connectivity index (χ0n) is 13.5. The van der Waals surface area contributed by atoms with Crippen molar-refractivity contribution in [3.05, 3.63) is 0 Å². The van der Waals surface area contributed by atoms with Crippen LogP contribution < -0.4 is 10.6 Å². The smallest absolute Gasteiger partial charge is 0.193 e. The molecule has 5 nitrogen and oxygen atoms in total. The Morgan fingerprint density at radius 3 is 2.60 bits per heavy atom. The van der Waals surface area contributed by atoms with E-state index in [2.05, 4.69) is 41.3 Å². The molecule has 1 atom stereocenters. The van der Waals surface area contributed by atoms with Crippen molar-refractivity contribution in [1.29, 1.82) is 0 Å². The molecule has 1 aliphatic heterocycles. The standard InChI is InChI=1S/C14H30N4O.HI/c1-14(2,3)17-8-7-16-13(15-4)18-9-6-12(10-18)11-19-5;/h12,17H,6-11H2,1-5H3,(H,15,16);1H. The molecule has 120 valence electrons. The lowest BCUT2D eigenvalue weighted by Gasteiger charge is -2.24. The van der Waals surface area contributed by atoms with E-state index in [4.69, 9.17) is 4.74 Å². The maximum atomic E-state index is 5.23. The molecule has 6 heteroatoms. The molecule has 0 aromatic heterocycles. The van der Waals surface area contributed by atoms with E-state index in [-0.39, 0.29) is 29.5 Å². The summed E-state index contributed by atoms with van der Waals surface area (Å²) < 4.78 is 5.23. The third-order valence-corrected chi connectivity index (χ3v) is 3.26. The highest BCUT2D eigenvalue weighted by Crippen LogP contribution is 2.16. The third kappa shape index (κ3) is 7.64. The van der Waals surface area contributed by atoms with Gasteiger partial charge in [0.25, 0.3) is 0 Å². The fraction of sp³-hybridized carbons (Fsp3) is 0.929. The van der Waals surface area contributed by atoms with Crippen LogP contribution in [0.5, 0.6) is 0 Å².